The van der Waals surface area contributed by atoms with Gasteiger partial charge in [-0.15, -0.1) is 0 Å². The minimum Gasteiger partial charge on any atom is -0.0991 e. The molecule has 0 saturated heterocycles. The first-order valence-electron chi connectivity index (χ1n) is 9.82. The molecule has 0 unspecified atom stereocenters. The van der Waals surface area contributed by atoms with Gasteiger partial charge < -0.3 is 0 Å². The summed E-state index contributed by atoms with van der Waals surface area (Å²) in [7, 11) is 0. The molecule has 0 N–H and O–H groups in total. The van der Waals surface area contributed by atoms with Crippen LogP contribution in [0.15, 0.2) is 183 Å². The first-order valence-corrected chi connectivity index (χ1v) is 9.82. The van der Waals surface area contributed by atoms with Crippen molar-refractivity contribution in [2.45, 2.75) is 0 Å². The third-order valence-corrected chi connectivity index (χ3v) is 3.05. The SMILES string of the molecule is C=CC=CC=CC=CC=CC=CC=CC=CC=CC=CC=CC=CC=CC=CC=C. The Kier molecular flexibility index (Phi) is 21.8. The molecule has 0 aliphatic rings. The summed E-state index contributed by atoms with van der Waals surface area (Å²) in [5.41, 5.74) is 0. The van der Waals surface area contributed by atoms with Gasteiger partial charge in [-0.3, -0.25) is 0 Å². The van der Waals surface area contributed by atoms with Crippen molar-refractivity contribution in [3.8, 4) is 0 Å². The van der Waals surface area contributed by atoms with Crippen LogP contribution < -0.4 is 0 Å². The van der Waals surface area contributed by atoms with Gasteiger partial charge >= 0.3 is 0 Å². The third kappa shape index (κ3) is 24.1. The van der Waals surface area contributed by atoms with E-state index in [1.165, 1.54) is 0 Å². The molecule has 0 nitrogen and oxygen atoms in total. The zero-order valence-electron chi connectivity index (χ0n) is 17.6. The van der Waals surface area contributed by atoms with Gasteiger partial charge in [-0.25, -0.2) is 0 Å². The van der Waals surface area contributed by atoms with Crippen molar-refractivity contribution < 1.29 is 0 Å². The molecule has 0 fully saturated rings. The Morgan fingerprint density at radius 2 is 0.267 bits per heavy atom. The van der Waals surface area contributed by atoms with Crippen molar-refractivity contribution in [3.63, 3.8) is 0 Å². The summed E-state index contributed by atoms with van der Waals surface area (Å²) < 4.78 is 0. The molecule has 0 rings (SSSR count). The zero-order valence-corrected chi connectivity index (χ0v) is 17.6. The van der Waals surface area contributed by atoms with E-state index in [0.29, 0.717) is 0 Å². The second-order valence-corrected chi connectivity index (χ2v) is 5.48. The lowest BCUT2D eigenvalue weighted by Gasteiger charge is -1.76. The Bertz CT molecular complexity index is 747. The average Bonchev–Trinajstić information content (AvgIpc) is 2.76. The van der Waals surface area contributed by atoms with Crippen molar-refractivity contribution in [1.82, 2.24) is 0 Å². The highest BCUT2D eigenvalue weighted by atomic mass is 13.7. The van der Waals surface area contributed by atoms with E-state index in [9.17, 15) is 0 Å². The van der Waals surface area contributed by atoms with Gasteiger partial charge in [-0.1, -0.05) is 183 Å². The summed E-state index contributed by atoms with van der Waals surface area (Å²) in [6.07, 6.45) is 54.8. The van der Waals surface area contributed by atoms with Gasteiger partial charge in [-0.05, 0) is 0 Å². The minimum absolute atomic E-state index is 1.75. The molecule has 152 valence electrons. The Morgan fingerprint density at radius 3 is 0.367 bits per heavy atom. The smallest absolute Gasteiger partial charge is 0.0623 e. The summed E-state index contributed by atoms with van der Waals surface area (Å²) in [6, 6.07) is 0. The van der Waals surface area contributed by atoms with Crippen LogP contribution in [-0.2, 0) is 0 Å². The quantitative estimate of drug-likeness (QED) is 0.260. The van der Waals surface area contributed by atoms with Crippen LogP contribution in [0.4, 0.5) is 0 Å². The number of hydrogen-bond donors (Lipinski definition) is 0. The molecule has 0 aliphatic carbocycles. The lowest BCUT2D eigenvalue weighted by atomic mass is 10.3. The number of allylic oxidation sites excluding steroid dienone is 28. The second kappa shape index (κ2) is 25.1. The molecule has 0 spiro atoms. The predicted octanol–water partition coefficient (Wildman–Crippen LogP) is 8.59. The van der Waals surface area contributed by atoms with Crippen LogP contribution in [0.2, 0.25) is 0 Å². The molecule has 0 heterocycles. The molecule has 0 aromatic rings. The fraction of sp³-hybridized carbons (Fsp3) is 0. The monoisotopic (exact) mass is 392 g/mol. The van der Waals surface area contributed by atoms with E-state index >= 15 is 0 Å². The van der Waals surface area contributed by atoms with Crippen LogP contribution in [-0.4, -0.2) is 0 Å². The van der Waals surface area contributed by atoms with Crippen LogP contribution in [0.25, 0.3) is 0 Å². The lowest BCUT2D eigenvalue weighted by molar-refractivity contribution is 1.82. The molecule has 0 bridgehead atoms. The summed E-state index contributed by atoms with van der Waals surface area (Å²) in [5, 5.41) is 0. The van der Waals surface area contributed by atoms with E-state index in [0.717, 1.165) is 0 Å². The Hall–Kier alpha value is -3.90. The third-order valence-electron chi connectivity index (χ3n) is 3.05. The molecular weight excluding hydrogens is 360 g/mol. The van der Waals surface area contributed by atoms with E-state index in [-0.39, 0.29) is 0 Å². The molecule has 0 aromatic heterocycles. The van der Waals surface area contributed by atoms with Gasteiger partial charge in [0.25, 0.3) is 0 Å². The Labute approximate surface area is 183 Å². The van der Waals surface area contributed by atoms with Crippen molar-refractivity contribution in [2.24, 2.45) is 0 Å². The Balaban J connectivity index is 3.97. The Morgan fingerprint density at radius 1 is 0.167 bits per heavy atom. The van der Waals surface area contributed by atoms with Gasteiger partial charge in [-0.2, -0.15) is 0 Å². The second-order valence-electron chi connectivity index (χ2n) is 5.48. The maximum Gasteiger partial charge on any atom is -0.0623 e. The van der Waals surface area contributed by atoms with Gasteiger partial charge in [0.2, 0.25) is 0 Å². The van der Waals surface area contributed by atoms with E-state index in [2.05, 4.69) is 13.2 Å². The minimum atomic E-state index is 1.75. The average molecular weight is 393 g/mol. The zero-order chi connectivity index (χ0) is 21.8. The molecule has 0 atom stereocenters. The van der Waals surface area contributed by atoms with Gasteiger partial charge in [0.1, 0.15) is 0 Å². The summed E-state index contributed by atoms with van der Waals surface area (Å²) in [5.74, 6) is 0. The van der Waals surface area contributed by atoms with Crippen molar-refractivity contribution >= 4 is 0 Å². The van der Waals surface area contributed by atoms with Crippen molar-refractivity contribution in [2.75, 3.05) is 0 Å². The van der Waals surface area contributed by atoms with E-state index < -0.39 is 0 Å². The van der Waals surface area contributed by atoms with Crippen LogP contribution in [0.1, 0.15) is 0 Å². The lowest BCUT2D eigenvalue weighted by Crippen LogP contribution is -1.54. The summed E-state index contributed by atoms with van der Waals surface area (Å²) in [6.45, 7) is 7.22. The van der Waals surface area contributed by atoms with E-state index in [1.54, 1.807) is 12.2 Å². The highest BCUT2D eigenvalue weighted by molar-refractivity contribution is 5.23. The van der Waals surface area contributed by atoms with E-state index in [1.807, 2.05) is 158 Å². The standard InChI is InChI=1S/C30H32/c1-3-5-7-9-11-13-15-17-19-21-23-25-27-29-30-28-26-24-22-20-18-16-14-12-10-8-6-4-2/h3-30H,1-2H2. The maximum atomic E-state index is 3.61. The highest BCUT2D eigenvalue weighted by Crippen LogP contribution is 1.88. The maximum absolute atomic E-state index is 3.61. The van der Waals surface area contributed by atoms with Crippen LogP contribution >= 0.6 is 0 Å². The molecular formula is C30H32. The van der Waals surface area contributed by atoms with Crippen LogP contribution in [0, 0.1) is 0 Å². The van der Waals surface area contributed by atoms with Crippen molar-refractivity contribution in [1.29, 1.82) is 0 Å². The molecule has 30 heavy (non-hydrogen) atoms. The first kappa shape index (κ1) is 26.1. The van der Waals surface area contributed by atoms with Gasteiger partial charge in [0, 0.05) is 0 Å². The summed E-state index contributed by atoms with van der Waals surface area (Å²) >= 11 is 0. The molecule has 0 aliphatic heterocycles. The van der Waals surface area contributed by atoms with Crippen LogP contribution in [0.5, 0.6) is 0 Å². The molecule has 0 amide bonds. The topological polar surface area (TPSA) is 0 Å². The van der Waals surface area contributed by atoms with Gasteiger partial charge in [0.15, 0.2) is 0 Å². The molecule has 0 aromatic carbocycles. The van der Waals surface area contributed by atoms with E-state index in [4.69, 9.17) is 0 Å². The largest absolute Gasteiger partial charge is 0.0991 e. The molecule has 0 heteroatoms. The van der Waals surface area contributed by atoms with Gasteiger partial charge in [0.05, 0.1) is 0 Å². The molecule has 0 saturated carbocycles. The van der Waals surface area contributed by atoms with Crippen molar-refractivity contribution in [3.05, 3.63) is 183 Å². The number of rotatable bonds is 14. The fourth-order valence-corrected chi connectivity index (χ4v) is 1.70. The normalized spacial score (nSPS) is 14.5. The number of hydrogen-bond acceptors (Lipinski definition) is 0. The highest BCUT2D eigenvalue weighted by Gasteiger charge is 1.66. The fourth-order valence-electron chi connectivity index (χ4n) is 1.70. The van der Waals surface area contributed by atoms with Crippen LogP contribution in [0.3, 0.4) is 0 Å². The molecule has 0 radical (unpaired) electrons. The summed E-state index contributed by atoms with van der Waals surface area (Å²) in [4.78, 5) is 0. The first-order chi connectivity index (χ1) is 14.9. The predicted molar refractivity (Wildman–Crippen MR) is 139 cm³/mol.